The number of hydrogen-bond acceptors (Lipinski definition) is 5. The Kier molecular flexibility index (Phi) is 6.14. The third kappa shape index (κ3) is 4.95. The number of carbonyl (C=O) groups is 3. The van der Waals surface area contributed by atoms with Gasteiger partial charge >= 0.3 is 5.97 Å². The van der Waals surface area contributed by atoms with Gasteiger partial charge in [-0.05, 0) is 44.0 Å². The Labute approximate surface area is 139 Å². The molecule has 0 aromatic heterocycles. The average Bonchev–Trinajstić information content (AvgIpc) is 3.05. The van der Waals surface area contributed by atoms with E-state index in [1.54, 1.807) is 24.3 Å². The van der Waals surface area contributed by atoms with Crippen molar-refractivity contribution in [1.29, 1.82) is 0 Å². The molecule has 1 saturated heterocycles. The molecule has 8 heteroatoms. The standard InChI is InChI=1S/C16H20N2O6/c1-2-17-14(19)9-23-11-5-3-10(4-6-11)18-15(20)12-7-8-13(24-12)16(21)22/h3-6,12-13H,2,7-9H2,1H3,(H,17,19)(H,18,20)(H,21,22)/t12-,13+/m0/s1. The molecule has 2 atom stereocenters. The van der Waals surface area contributed by atoms with Crippen molar-refractivity contribution in [1.82, 2.24) is 5.32 Å². The number of likely N-dealkylation sites (N-methyl/N-ethyl adjacent to an activating group) is 1. The molecule has 2 amide bonds. The number of carbonyl (C=O) groups excluding carboxylic acids is 2. The number of rotatable bonds is 7. The molecule has 1 heterocycles. The number of aliphatic carboxylic acids is 1. The number of nitrogens with one attached hydrogen (secondary N) is 2. The Balaban J connectivity index is 1.82. The van der Waals surface area contributed by atoms with E-state index in [1.165, 1.54) is 0 Å². The largest absolute Gasteiger partial charge is 0.484 e. The SMILES string of the molecule is CCNC(=O)COc1ccc(NC(=O)[C@@H]2CC[C@H](C(=O)O)O2)cc1. The molecule has 8 nitrogen and oxygen atoms in total. The summed E-state index contributed by atoms with van der Waals surface area (Å²) in [7, 11) is 0. The maximum atomic E-state index is 12.0. The van der Waals surface area contributed by atoms with Crippen LogP contribution < -0.4 is 15.4 Å². The third-order valence-corrected chi connectivity index (χ3v) is 3.45. The van der Waals surface area contributed by atoms with E-state index < -0.39 is 18.2 Å². The first-order valence-electron chi connectivity index (χ1n) is 7.68. The number of hydrogen-bond donors (Lipinski definition) is 3. The van der Waals surface area contributed by atoms with Crippen LogP contribution >= 0.6 is 0 Å². The molecule has 1 aliphatic rings. The Morgan fingerprint density at radius 1 is 1.21 bits per heavy atom. The lowest BCUT2D eigenvalue weighted by Crippen LogP contribution is -2.30. The first kappa shape index (κ1) is 17.7. The van der Waals surface area contributed by atoms with E-state index in [0.29, 0.717) is 30.8 Å². The van der Waals surface area contributed by atoms with Crippen LogP contribution in [0.4, 0.5) is 5.69 Å². The zero-order chi connectivity index (χ0) is 17.5. The van der Waals surface area contributed by atoms with Crippen LogP contribution in [-0.2, 0) is 19.1 Å². The van der Waals surface area contributed by atoms with Gasteiger partial charge in [0.15, 0.2) is 12.7 Å². The Hall–Kier alpha value is -2.61. The van der Waals surface area contributed by atoms with E-state index in [1.807, 2.05) is 6.92 Å². The molecule has 2 rings (SSSR count). The van der Waals surface area contributed by atoms with E-state index in [0.717, 1.165) is 0 Å². The van der Waals surface area contributed by atoms with E-state index in [4.69, 9.17) is 14.6 Å². The molecule has 1 aromatic rings. The van der Waals surface area contributed by atoms with Crippen molar-refractivity contribution in [2.24, 2.45) is 0 Å². The fourth-order valence-electron chi connectivity index (χ4n) is 2.27. The van der Waals surface area contributed by atoms with Crippen LogP contribution in [0.5, 0.6) is 5.75 Å². The van der Waals surface area contributed by atoms with Gasteiger partial charge in [0.25, 0.3) is 11.8 Å². The van der Waals surface area contributed by atoms with Crippen molar-refractivity contribution in [3.63, 3.8) is 0 Å². The molecule has 1 fully saturated rings. The molecule has 0 bridgehead atoms. The van der Waals surface area contributed by atoms with Crippen LogP contribution in [0.25, 0.3) is 0 Å². The summed E-state index contributed by atoms with van der Waals surface area (Å²) >= 11 is 0. The highest BCUT2D eigenvalue weighted by Gasteiger charge is 2.34. The maximum absolute atomic E-state index is 12.0. The lowest BCUT2D eigenvalue weighted by Gasteiger charge is -2.12. The molecule has 0 aliphatic carbocycles. The number of benzene rings is 1. The van der Waals surface area contributed by atoms with Crippen LogP contribution in [0.1, 0.15) is 19.8 Å². The first-order valence-corrected chi connectivity index (χ1v) is 7.68. The molecule has 3 N–H and O–H groups in total. The molecular formula is C16H20N2O6. The summed E-state index contributed by atoms with van der Waals surface area (Å²) in [6.07, 6.45) is -0.998. The zero-order valence-electron chi connectivity index (χ0n) is 13.3. The van der Waals surface area contributed by atoms with Gasteiger partial charge in [0, 0.05) is 12.2 Å². The van der Waals surface area contributed by atoms with Gasteiger partial charge in [0.05, 0.1) is 0 Å². The molecule has 0 radical (unpaired) electrons. The van der Waals surface area contributed by atoms with Gasteiger partial charge < -0.3 is 25.2 Å². The van der Waals surface area contributed by atoms with E-state index >= 15 is 0 Å². The van der Waals surface area contributed by atoms with Crippen LogP contribution in [0.15, 0.2) is 24.3 Å². The number of carboxylic acid groups (broad SMARTS) is 1. The molecular weight excluding hydrogens is 316 g/mol. The maximum Gasteiger partial charge on any atom is 0.332 e. The molecule has 0 unspecified atom stereocenters. The predicted octanol–water partition coefficient (Wildman–Crippen LogP) is 0.772. The third-order valence-electron chi connectivity index (χ3n) is 3.45. The van der Waals surface area contributed by atoms with Crippen molar-refractivity contribution in [2.75, 3.05) is 18.5 Å². The van der Waals surface area contributed by atoms with E-state index in [9.17, 15) is 14.4 Å². The summed E-state index contributed by atoms with van der Waals surface area (Å²) in [5.74, 6) is -1.14. The second-order valence-corrected chi connectivity index (χ2v) is 5.28. The number of anilines is 1. The number of carboxylic acids is 1. The second kappa shape index (κ2) is 8.30. The quantitative estimate of drug-likeness (QED) is 0.678. The first-order chi connectivity index (χ1) is 11.5. The lowest BCUT2D eigenvalue weighted by atomic mass is 10.2. The minimum Gasteiger partial charge on any atom is -0.484 e. The van der Waals surface area contributed by atoms with E-state index in [-0.39, 0.29) is 18.4 Å². The van der Waals surface area contributed by atoms with Gasteiger partial charge in [-0.2, -0.15) is 0 Å². The van der Waals surface area contributed by atoms with Crippen molar-refractivity contribution in [3.8, 4) is 5.75 Å². The number of amides is 2. The fraction of sp³-hybridized carbons (Fsp3) is 0.438. The summed E-state index contributed by atoms with van der Waals surface area (Å²) in [5.41, 5.74) is 0.535. The minimum absolute atomic E-state index is 0.0773. The highest BCUT2D eigenvalue weighted by molar-refractivity contribution is 5.94. The average molecular weight is 336 g/mol. The van der Waals surface area contributed by atoms with Crippen molar-refractivity contribution < 1.29 is 29.0 Å². The second-order valence-electron chi connectivity index (χ2n) is 5.28. The summed E-state index contributed by atoms with van der Waals surface area (Å²) in [6.45, 7) is 2.28. The molecule has 0 spiro atoms. The van der Waals surface area contributed by atoms with Gasteiger partial charge in [0.1, 0.15) is 11.9 Å². The number of ether oxygens (including phenoxy) is 2. The summed E-state index contributed by atoms with van der Waals surface area (Å²) in [5, 5.41) is 14.1. The Morgan fingerprint density at radius 2 is 1.88 bits per heavy atom. The molecule has 0 saturated carbocycles. The van der Waals surface area contributed by atoms with Gasteiger partial charge in [0.2, 0.25) is 0 Å². The van der Waals surface area contributed by atoms with Crippen molar-refractivity contribution in [2.45, 2.75) is 32.0 Å². The highest BCUT2D eigenvalue weighted by Crippen LogP contribution is 2.22. The molecule has 1 aliphatic heterocycles. The Morgan fingerprint density at radius 3 is 2.46 bits per heavy atom. The summed E-state index contributed by atoms with van der Waals surface area (Å²) in [6, 6.07) is 6.53. The van der Waals surface area contributed by atoms with Gasteiger partial charge in [-0.3, -0.25) is 9.59 Å². The monoisotopic (exact) mass is 336 g/mol. The van der Waals surface area contributed by atoms with Crippen LogP contribution in [0, 0.1) is 0 Å². The summed E-state index contributed by atoms with van der Waals surface area (Å²) < 4.78 is 10.5. The van der Waals surface area contributed by atoms with Crippen LogP contribution in [0.2, 0.25) is 0 Å². The minimum atomic E-state index is -1.06. The normalized spacial score (nSPS) is 19.5. The molecule has 24 heavy (non-hydrogen) atoms. The molecule has 130 valence electrons. The smallest absolute Gasteiger partial charge is 0.332 e. The van der Waals surface area contributed by atoms with Crippen molar-refractivity contribution in [3.05, 3.63) is 24.3 Å². The fourth-order valence-corrected chi connectivity index (χ4v) is 2.27. The predicted molar refractivity (Wildman–Crippen MR) is 84.8 cm³/mol. The lowest BCUT2D eigenvalue weighted by molar-refractivity contribution is -0.150. The van der Waals surface area contributed by atoms with Crippen LogP contribution in [-0.4, -0.2) is 48.2 Å². The van der Waals surface area contributed by atoms with Gasteiger partial charge in [-0.15, -0.1) is 0 Å². The van der Waals surface area contributed by atoms with E-state index in [2.05, 4.69) is 10.6 Å². The van der Waals surface area contributed by atoms with Gasteiger partial charge in [-0.1, -0.05) is 0 Å². The molecule has 1 aromatic carbocycles. The zero-order valence-corrected chi connectivity index (χ0v) is 13.3. The highest BCUT2D eigenvalue weighted by atomic mass is 16.5. The van der Waals surface area contributed by atoms with Gasteiger partial charge in [-0.25, -0.2) is 4.79 Å². The Bertz CT molecular complexity index is 601. The topological polar surface area (TPSA) is 114 Å². The summed E-state index contributed by atoms with van der Waals surface area (Å²) in [4.78, 5) is 34.2. The van der Waals surface area contributed by atoms with Crippen LogP contribution in [0.3, 0.4) is 0 Å². The van der Waals surface area contributed by atoms with Crippen molar-refractivity contribution >= 4 is 23.5 Å².